The summed E-state index contributed by atoms with van der Waals surface area (Å²) < 4.78 is 0. The average Bonchev–Trinajstić information content (AvgIpc) is 2.67. The van der Waals surface area contributed by atoms with Crippen LogP contribution in [0, 0.1) is 0 Å². The lowest BCUT2D eigenvalue weighted by Crippen LogP contribution is -1.87. The molecule has 0 saturated heterocycles. The van der Waals surface area contributed by atoms with E-state index in [9.17, 15) is 0 Å². The number of anilines is 1. The average molecular weight is 220 g/mol. The molecule has 0 atom stereocenters. The van der Waals surface area contributed by atoms with E-state index in [1.165, 1.54) is 9.75 Å². The zero-order valence-electron chi connectivity index (χ0n) is 8.03. The summed E-state index contributed by atoms with van der Waals surface area (Å²) in [7, 11) is 0. The normalized spacial score (nSPS) is 9.67. The summed E-state index contributed by atoms with van der Waals surface area (Å²) in [6.45, 7) is 2.16. The van der Waals surface area contributed by atoms with Crippen LogP contribution in [0.25, 0.3) is 10.4 Å². The van der Waals surface area contributed by atoms with Crippen LogP contribution < -0.4 is 5.73 Å². The third kappa shape index (κ3) is 2.57. The quantitative estimate of drug-likeness (QED) is 0.840. The molecule has 2 nitrogen and oxygen atoms in total. The summed E-state index contributed by atoms with van der Waals surface area (Å²) in [5, 5.41) is 0. The molecule has 0 aliphatic carbocycles. The van der Waals surface area contributed by atoms with Crippen LogP contribution in [0.15, 0.2) is 30.5 Å². The number of aryl methyl sites for hydroxylation is 1. The molecular weight excluding hydrogens is 204 g/mol. The number of rotatable bonds is 2. The molecule has 0 unspecified atom stereocenters. The first-order chi connectivity index (χ1) is 6.79. The second-order valence-corrected chi connectivity index (χ2v) is 4.26. The molecule has 0 radical (unpaired) electrons. The van der Waals surface area contributed by atoms with Crippen LogP contribution in [0.3, 0.4) is 0 Å². The number of nitrogens with zero attached hydrogens (tertiary/aromatic N) is 1. The molecule has 0 bridgehead atoms. The van der Waals surface area contributed by atoms with Crippen molar-refractivity contribution in [3.63, 3.8) is 0 Å². The van der Waals surface area contributed by atoms with E-state index in [2.05, 4.69) is 24.0 Å². The summed E-state index contributed by atoms with van der Waals surface area (Å²) in [5.74, 6) is 0.570. The molecule has 0 saturated carbocycles. The molecule has 2 heterocycles. The molecule has 2 N–H and O–H groups in total. The second kappa shape index (κ2) is 4.94. The minimum atomic E-state index is 0. The van der Waals surface area contributed by atoms with Crippen LogP contribution in [-0.2, 0) is 6.42 Å². The van der Waals surface area contributed by atoms with E-state index >= 15 is 0 Å². The van der Waals surface area contributed by atoms with E-state index in [1.54, 1.807) is 0 Å². The van der Waals surface area contributed by atoms with Crippen molar-refractivity contribution >= 4 is 17.2 Å². The lowest BCUT2D eigenvalue weighted by molar-refractivity contribution is 1.19. The molecule has 0 spiro atoms. The Morgan fingerprint density at radius 2 is 2.07 bits per heavy atom. The topological polar surface area (TPSA) is 38.9 Å². The van der Waals surface area contributed by atoms with E-state index in [4.69, 9.17) is 5.73 Å². The Morgan fingerprint density at radius 1 is 1.27 bits per heavy atom. The minimum Gasteiger partial charge on any atom is -0.384 e. The van der Waals surface area contributed by atoms with Crippen molar-refractivity contribution in [3.05, 3.63) is 35.3 Å². The fourth-order valence-corrected chi connectivity index (χ4v) is 2.21. The van der Waals surface area contributed by atoms with Gasteiger partial charge in [-0.25, -0.2) is 4.98 Å². The molecular formula is C12H16N2S. The van der Waals surface area contributed by atoms with Crippen LogP contribution in [0.2, 0.25) is 0 Å². The second-order valence-electron chi connectivity index (χ2n) is 3.09. The molecule has 0 aliphatic heterocycles. The zero-order valence-corrected chi connectivity index (χ0v) is 8.84. The Bertz CT molecular complexity index is 417. The minimum absolute atomic E-state index is 0. The van der Waals surface area contributed by atoms with E-state index in [0.717, 1.165) is 12.0 Å². The highest BCUT2D eigenvalue weighted by Crippen LogP contribution is 2.27. The largest absolute Gasteiger partial charge is 0.384 e. The van der Waals surface area contributed by atoms with Gasteiger partial charge in [0.25, 0.3) is 0 Å². The predicted octanol–water partition coefficient (Wildman–Crippen LogP) is 3.59. The zero-order chi connectivity index (χ0) is 9.97. The highest BCUT2D eigenvalue weighted by atomic mass is 32.1. The summed E-state index contributed by atoms with van der Waals surface area (Å²) in [6.07, 6.45) is 2.91. The van der Waals surface area contributed by atoms with Crippen molar-refractivity contribution in [3.8, 4) is 10.4 Å². The third-order valence-corrected chi connectivity index (χ3v) is 3.36. The molecule has 0 aromatic carbocycles. The van der Waals surface area contributed by atoms with Gasteiger partial charge in [0.1, 0.15) is 5.82 Å². The van der Waals surface area contributed by atoms with Crippen molar-refractivity contribution in [1.29, 1.82) is 0 Å². The van der Waals surface area contributed by atoms with E-state index in [-0.39, 0.29) is 7.43 Å². The van der Waals surface area contributed by atoms with Crippen molar-refractivity contribution in [2.24, 2.45) is 0 Å². The lowest BCUT2D eigenvalue weighted by Gasteiger charge is -1.96. The van der Waals surface area contributed by atoms with Gasteiger partial charge in [0, 0.05) is 21.5 Å². The Morgan fingerprint density at radius 3 is 2.60 bits per heavy atom. The third-order valence-electron chi connectivity index (χ3n) is 2.08. The van der Waals surface area contributed by atoms with Gasteiger partial charge in [-0.2, -0.15) is 0 Å². The van der Waals surface area contributed by atoms with E-state index < -0.39 is 0 Å². The molecule has 0 amide bonds. The number of nitrogen functional groups attached to an aromatic ring is 1. The van der Waals surface area contributed by atoms with Gasteiger partial charge < -0.3 is 5.73 Å². The molecule has 2 aromatic heterocycles. The van der Waals surface area contributed by atoms with Gasteiger partial charge in [0.15, 0.2) is 0 Å². The molecule has 0 fully saturated rings. The van der Waals surface area contributed by atoms with Crippen LogP contribution in [0.5, 0.6) is 0 Å². The Kier molecular flexibility index (Phi) is 3.86. The maximum absolute atomic E-state index is 5.53. The van der Waals surface area contributed by atoms with Crippen molar-refractivity contribution in [2.75, 3.05) is 5.73 Å². The first-order valence-electron chi connectivity index (χ1n) is 4.60. The van der Waals surface area contributed by atoms with E-state index in [0.29, 0.717) is 5.82 Å². The summed E-state index contributed by atoms with van der Waals surface area (Å²) in [5.41, 5.74) is 6.67. The number of nitrogens with two attached hydrogens (primary N) is 1. The first-order valence-corrected chi connectivity index (χ1v) is 5.42. The number of hydrogen-bond acceptors (Lipinski definition) is 3. The number of thiophene rings is 1. The molecule has 0 aliphatic rings. The number of hydrogen-bond donors (Lipinski definition) is 1. The standard InChI is InChI=1S/C11H12N2S.CH4/c1-2-9-4-5-10(14-9)8-3-6-11(12)13-7-8;/h3-7H,2H2,1H3,(H2,12,13);1H4. The Labute approximate surface area is 94.8 Å². The van der Waals surface area contributed by atoms with Gasteiger partial charge in [0.2, 0.25) is 0 Å². The highest BCUT2D eigenvalue weighted by molar-refractivity contribution is 7.15. The van der Waals surface area contributed by atoms with Crippen LogP contribution in [0.1, 0.15) is 19.2 Å². The maximum Gasteiger partial charge on any atom is 0.123 e. The van der Waals surface area contributed by atoms with Gasteiger partial charge in [-0.15, -0.1) is 11.3 Å². The SMILES string of the molecule is C.CCc1ccc(-c2ccc(N)nc2)s1. The molecule has 2 aromatic rings. The fourth-order valence-electron chi connectivity index (χ4n) is 1.27. The molecule has 80 valence electrons. The summed E-state index contributed by atoms with van der Waals surface area (Å²) in [6, 6.07) is 8.14. The van der Waals surface area contributed by atoms with Gasteiger partial charge in [-0.05, 0) is 30.7 Å². The summed E-state index contributed by atoms with van der Waals surface area (Å²) in [4.78, 5) is 6.73. The fraction of sp³-hybridized carbons (Fsp3) is 0.250. The summed E-state index contributed by atoms with van der Waals surface area (Å²) >= 11 is 1.81. The lowest BCUT2D eigenvalue weighted by atomic mass is 10.2. The van der Waals surface area contributed by atoms with Gasteiger partial charge in [-0.3, -0.25) is 0 Å². The predicted molar refractivity (Wildman–Crippen MR) is 68.1 cm³/mol. The number of aromatic nitrogens is 1. The van der Waals surface area contributed by atoms with Crippen LogP contribution in [0.4, 0.5) is 5.82 Å². The van der Waals surface area contributed by atoms with E-state index in [1.807, 2.05) is 29.7 Å². The van der Waals surface area contributed by atoms with Crippen molar-refractivity contribution in [2.45, 2.75) is 20.8 Å². The van der Waals surface area contributed by atoms with Gasteiger partial charge >= 0.3 is 0 Å². The monoisotopic (exact) mass is 220 g/mol. The molecule has 15 heavy (non-hydrogen) atoms. The number of pyridine rings is 1. The smallest absolute Gasteiger partial charge is 0.123 e. The maximum atomic E-state index is 5.53. The van der Waals surface area contributed by atoms with Crippen molar-refractivity contribution < 1.29 is 0 Å². The van der Waals surface area contributed by atoms with Gasteiger partial charge in [0.05, 0.1) is 0 Å². The molecule has 2 rings (SSSR count). The molecule has 3 heteroatoms. The Hall–Kier alpha value is -1.35. The Balaban J connectivity index is 0.00000112. The van der Waals surface area contributed by atoms with Crippen molar-refractivity contribution in [1.82, 2.24) is 4.98 Å². The highest BCUT2D eigenvalue weighted by Gasteiger charge is 2.01. The van der Waals surface area contributed by atoms with Crippen LogP contribution in [-0.4, -0.2) is 4.98 Å². The van der Waals surface area contributed by atoms with Gasteiger partial charge in [-0.1, -0.05) is 14.4 Å². The first kappa shape index (κ1) is 11.7. The van der Waals surface area contributed by atoms with Crippen LogP contribution >= 0.6 is 11.3 Å².